The molecule has 8 nitrogen and oxygen atoms in total. The maximum Gasteiger partial charge on any atom is 0.204 e. The third-order valence-corrected chi connectivity index (χ3v) is 2.49. The number of anilines is 2. The first kappa shape index (κ1) is 16.6. The lowest BCUT2D eigenvalue weighted by atomic mass is 10.1. The highest BCUT2D eigenvalue weighted by atomic mass is 15.4. The molecule has 116 valence electrons. The fourth-order valence-electron chi connectivity index (χ4n) is 1.49. The van der Waals surface area contributed by atoms with Crippen LogP contribution in [-0.4, -0.2) is 11.9 Å². The van der Waals surface area contributed by atoms with Crippen molar-refractivity contribution in [2.45, 2.75) is 0 Å². The van der Waals surface area contributed by atoms with Crippen LogP contribution in [0.3, 0.4) is 0 Å². The minimum absolute atomic E-state index is 0.278. The Morgan fingerprint density at radius 3 is 1.14 bits per heavy atom. The van der Waals surface area contributed by atoms with Crippen LogP contribution in [0.5, 0.6) is 0 Å². The minimum atomic E-state index is -0.278. The standard InChI is InChI=1S/C12H12N2.C2H8N6/c13-11-5-1-9(2-6-11)10-3-7-12(14)8-4-10;3-1(4)7-8-2(5)6/h1-8H,13-14H2;(H4,3,4,7)(H4,5,6,8). The Balaban J connectivity index is 0.000000261. The number of nitrogens with one attached hydrogen (secondary N) is 4. The molecule has 0 aliphatic carbocycles. The molecule has 0 bridgehead atoms. The second-order valence-corrected chi connectivity index (χ2v) is 4.32. The van der Waals surface area contributed by atoms with Gasteiger partial charge in [-0.1, -0.05) is 24.3 Å². The highest BCUT2D eigenvalue weighted by Crippen LogP contribution is 2.21. The summed E-state index contributed by atoms with van der Waals surface area (Å²) in [6.07, 6.45) is 0. The third-order valence-electron chi connectivity index (χ3n) is 2.49. The maximum absolute atomic E-state index is 6.54. The summed E-state index contributed by atoms with van der Waals surface area (Å²) < 4.78 is 0. The average Bonchev–Trinajstić information content (AvgIpc) is 2.48. The number of hydrogen-bond acceptors (Lipinski definition) is 4. The minimum Gasteiger partial charge on any atom is -0.399 e. The van der Waals surface area contributed by atoms with Crippen LogP contribution in [0.2, 0.25) is 0 Å². The molecule has 0 saturated carbocycles. The van der Waals surface area contributed by atoms with Crippen LogP contribution in [0, 0.1) is 10.8 Å². The Bertz CT molecular complexity index is 561. The summed E-state index contributed by atoms with van der Waals surface area (Å²) in [6, 6.07) is 15.6. The van der Waals surface area contributed by atoms with Crippen molar-refractivity contribution in [1.82, 2.24) is 10.9 Å². The zero-order valence-corrected chi connectivity index (χ0v) is 11.9. The van der Waals surface area contributed by atoms with E-state index in [0.717, 1.165) is 22.5 Å². The molecule has 22 heavy (non-hydrogen) atoms. The van der Waals surface area contributed by atoms with Gasteiger partial charge in [0.1, 0.15) is 0 Å². The van der Waals surface area contributed by atoms with Crippen LogP contribution >= 0.6 is 0 Å². The van der Waals surface area contributed by atoms with Crippen LogP contribution in [0.25, 0.3) is 11.1 Å². The van der Waals surface area contributed by atoms with Crippen LogP contribution < -0.4 is 33.8 Å². The molecule has 0 radical (unpaired) electrons. The normalized spacial score (nSPS) is 9.09. The molecule has 0 saturated heterocycles. The molecule has 0 unspecified atom stereocenters. The number of rotatable bonds is 1. The molecule has 2 aromatic rings. The number of nitrogen functional groups attached to an aromatic ring is 2. The van der Waals surface area contributed by atoms with Crippen LogP contribution in [0.15, 0.2) is 48.5 Å². The highest BCUT2D eigenvalue weighted by molar-refractivity contribution is 5.80. The van der Waals surface area contributed by atoms with E-state index >= 15 is 0 Å². The molecular weight excluding hydrogens is 280 g/mol. The summed E-state index contributed by atoms with van der Waals surface area (Å²) >= 11 is 0. The summed E-state index contributed by atoms with van der Waals surface area (Å²) in [4.78, 5) is 0. The number of nitrogens with two attached hydrogens (primary N) is 4. The molecule has 8 heteroatoms. The SMILES string of the molecule is N=C(N)NNC(=N)N.Nc1ccc(-c2ccc(N)cc2)cc1. The predicted molar refractivity (Wildman–Crippen MR) is 90.8 cm³/mol. The van der Waals surface area contributed by atoms with Crippen LogP contribution in [0.4, 0.5) is 11.4 Å². The summed E-state index contributed by atoms with van der Waals surface area (Å²) in [5.74, 6) is -0.555. The fourth-order valence-corrected chi connectivity index (χ4v) is 1.49. The Morgan fingerprint density at radius 2 is 0.909 bits per heavy atom. The molecule has 12 N–H and O–H groups in total. The fraction of sp³-hybridized carbons (Fsp3) is 0. The molecule has 0 atom stereocenters. The zero-order valence-electron chi connectivity index (χ0n) is 11.9. The van der Waals surface area contributed by atoms with Gasteiger partial charge in [0.15, 0.2) is 0 Å². The summed E-state index contributed by atoms with van der Waals surface area (Å²) in [6.45, 7) is 0. The van der Waals surface area contributed by atoms with E-state index in [1.54, 1.807) is 0 Å². The van der Waals surface area contributed by atoms with E-state index in [1.807, 2.05) is 48.5 Å². The van der Waals surface area contributed by atoms with E-state index in [4.69, 9.17) is 33.8 Å². The number of benzene rings is 2. The number of hydrogen-bond donors (Lipinski definition) is 8. The van der Waals surface area contributed by atoms with E-state index in [2.05, 4.69) is 10.9 Å². The molecule has 0 amide bonds. The molecule has 2 aromatic carbocycles. The van der Waals surface area contributed by atoms with Crippen molar-refractivity contribution in [3.8, 4) is 11.1 Å². The third kappa shape index (κ3) is 6.15. The van der Waals surface area contributed by atoms with Gasteiger partial charge in [-0.15, -0.1) is 0 Å². The van der Waals surface area contributed by atoms with Gasteiger partial charge in [-0.3, -0.25) is 21.7 Å². The quantitative estimate of drug-likeness (QED) is 0.163. The Morgan fingerprint density at radius 1 is 0.636 bits per heavy atom. The second-order valence-electron chi connectivity index (χ2n) is 4.32. The van der Waals surface area contributed by atoms with Gasteiger partial charge in [0.2, 0.25) is 11.9 Å². The number of guanidine groups is 2. The second kappa shape index (κ2) is 8.00. The molecular formula is C14H20N8. The first-order chi connectivity index (χ1) is 10.4. The van der Waals surface area contributed by atoms with E-state index in [0.29, 0.717) is 0 Å². The lowest BCUT2D eigenvalue weighted by molar-refractivity contribution is 0.833. The lowest BCUT2D eigenvalue weighted by Crippen LogP contribution is -2.47. The highest BCUT2D eigenvalue weighted by Gasteiger charge is 1.95. The topological polar surface area (TPSA) is 176 Å². The molecule has 0 aliphatic rings. The molecule has 0 aliphatic heterocycles. The Labute approximate surface area is 128 Å². The van der Waals surface area contributed by atoms with Crippen molar-refractivity contribution >= 4 is 23.3 Å². The van der Waals surface area contributed by atoms with Gasteiger partial charge in [-0.25, -0.2) is 0 Å². The van der Waals surface area contributed by atoms with E-state index in [9.17, 15) is 0 Å². The van der Waals surface area contributed by atoms with Gasteiger partial charge >= 0.3 is 0 Å². The van der Waals surface area contributed by atoms with Crippen LogP contribution in [-0.2, 0) is 0 Å². The van der Waals surface area contributed by atoms with Gasteiger partial charge in [-0.2, -0.15) is 0 Å². The van der Waals surface area contributed by atoms with Gasteiger partial charge < -0.3 is 22.9 Å². The predicted octanol–water partition coefficient (Wildman–Crippen LogP) is 0.386. The monoisotopic (exact) mass is 300 g/mol. The smallest absolute Gasteiger partial charge is 0.204 e. The van der Waals surface area contributed by atoms with Crippen molar-refractivity contribution in [2.24, 2.45) is 11.5 Å². The van der Waals surface area contributed by atoms with Crippen LogP contribution in [0.1, 0.15) is 0 Å². The maximum atomic E-state index is 6.54. The van der Waals surface area contributed by atoms with E-state index in [1.165, 1.54) is 0 Å². The molecule has 0 aromatic heterocycles. The number of hydrazine groups is 1. The van der Waals surface area contributed by atoms with Crippen molar-refractivity contribution in [1.29, 1.82) is 10.8 Å². The van der Waals surface area contributed by atoms with Gasteiger partial charge in [0.25, 0.3) is 0 Å². The summed E-state index contributed by atoms with van der Waals surface area (Å²) in [7, 11) is 0. The molecule has 2 rings (SSSR count). The van der Waals surface area contributed by atoms with E-state index < -0.39 is 0 Å². The van der Waals surface area contributed by atoms with Gasteiger partial charge in [0.05, 0.1) is 0 Å². The molecule has 0 spiro atoms. The van der Waals surface area contributed by atoms with E-state index in [-0.39, 0.29) is 11.9 Å². The zero-order chi connectivity index (χ0) is 16.5. The van der Waals surface area contributed by atoms with Crippen molar-refractivity contribution in [2.75, 3.05) is 11.5 Å². The average molecular weight is 300 g/mol. The van der Waals surface area contributed by atoms with Crippen molar-refractivity contribution in [3.63, 3.8) is 0 Å². The Kier molecular flexibility index (Phi) is 6.05. The van der Waals surface area contributed by atoms with Gasteiger partial charge in [0, 0.05) is 11.4 Å². The lowest BCUT2D eigenvalue weighted by Gasteiger charge is -2.02. The Hall–Kier alpha value is -3.42. The van der Waals surface area contributed by atoms with Crippen molar-refractivity contribution < 1.29 is 0 Å². The first-order valence-electron chi connectivity index (χ1n) is 6.30. The summed E-state index contributed by atoms with van der Waals surface area (Å²) in [5, 5.41) is 13.1. The largest absolute Gasteiger partial charge is 0.399 e. The molecule has 0 heterocycles. The van der Waals surface area contributed by atoms with Gasteiger partial charge in [-0.05, 0) is 35.4 Å². The molecule has 0 fully saturated rings. The summed E-state index contributed by atoms with van der Waals surface area (Å²) in [5.41, 5.74) is 28.9. The first-order valence-corrected chi connectivity index (χ1v) is 6.30. The van der Waals surface area contributed by atoms with Crippen molar-refractivity contribution in [3.05, 3.63) is 48.5 Å².